The van der Waals surface area contributed by atoms with Crippen LogP contribution in [0.2, 0.25) is 0 Å². The van der Waals surface area contributed by atoms with Crippen LogP contribution in [0.5, 0.6) is 0 Å². The molecule has 3 aromatic rings. The van der Waals surface area contributed by atoms with Gasteiger partial charge in [-0.1, -0.05) is 18.2 Å². The molecule has 4 rings (SSSR count). The highest BCUT2D eigenvalue weighted by molar-refractivity contribution is 7.80. The molecule has 8 heteroatoms. The highest BCUT2D eigenvalue weighted by Gasteiger charge is 2.32. The van der Waals surface area contributed by atoms with Crippen molar-refractivity contribution in [2.45, 2.75) is 18.8 Å². The maximum atomic E-state index is 13.4. The Morgan fingerprint density at radius 2 is 1.76 bits per heavy atom. The van der Waals surface area contributed by atoms with Crippen molar-refractivity contribution in [3.8, 4) is 0 Å². The summed E-state index contributed by atoms with van der Waals surface area (Å²) in [6, 6.07) is 14.7. The van der Waals surface area contributed by atoms with Crippen LogP contribution in [0, 0.1) is 5.82 Å². The summed E-state index contributed by atoms with van der Waals surface area (Å²) in [6.45, 7) is 1.25. The van der Waals surface area contributed by atoms with Crippen molar-refractivity contribution in [2.75, 3.05) is 11.9 Å². The zero-order chi connectivity index (χ0) is 20.6. The summed E-state index contributed by atoms with van der Waals surface area (Å²) in [5, 5.41) is 3.24. The van der Waals surface area contributed by atoms with Crippen LogP contribution in [0.25, 0.3) is 0 Å². The first-order valence-electron chi connectivity index (χ1n) is 8.98. The van der Waals surface area contributed by atoms with Crippen LogP contribution in [-0.2, 0) is 12.7 Å². The van der Waals surface area contributed by atoms with Gasteiger partial charge in [-0.05, 0) is 60.2 Å². The fourth-order valence-electron chi connectivity index (χ4n) is 3.57. The average molecular weight is 419 g/mol. The third-order valence-electron chi connectivity index (χ3n) is 4.93. The predicted octanol–water partition coefficient (Wildman–Crippen LogP) is 5.45. The lowest BCUT2D eigenvalue weighted by atomic mass is 10.0. The highest BCUT2D eigenvalue weighted by atomic mass is 32.1. The average Bonchev–Trinajstić information content (AvgIpc) is 3.16. The molecule has 0 unspecified atom stereocenters. The molecular formula is C21H17F4N3S. The Bertz CT molecular complexity index is 1030. The first-order valence-corrected chi connectivity index (χ1v) is 9.39. The summed E-state index contributed by atoms with van der Waals surface area (Å²) >= 11 is 5.55. The minimum Gasteiger partial charge on any atom is -0.348 e. The molecule has 0 saturated carbocycles. The molecule has 1 aromatic heterocycles. The molecule has 150 valence electrons. The third-order valence-corrected chi connectivity index (χ3v) is 5.26. The molecule has 1 aliphatic rings. The molecular weight excluding hydrogens is 402 g/mol. The van der Waals surface area contributed by atoms with Crippen LogP contribution >= 0.6 is 12.2 Å². The van der Waals surface area contributed by atoms with Gasteiger partial charge >= 0.3 is 6.18 Å². The Morgan fingerprint density at radius 1 is 1.00 bits per heavy atom. The Kier molecular flexibility index (Phi) is 5.04. The molecule has 0 saturated heterocycles. The van der Waals surface area contributed by atoms with E-state index in [1.807, 2.05) is 23.2 Å². The van der Waals surface area contributed by atoms with Crippen molar-refractivity contribution in [2.24, 2.45) is 0 Å². The lowest BCUT2D eigenvalue weighted by Crippen LogP contribution is -2.44. The molecule has 1 N–H and O–H groups in total. The van der Waals surface area contributed by atoms with Crippen molar-refractivity contribution < 1.29 is 17.6 Å². The van der Waals surface area contributed by atoms with Gasteiger partial charge in [0.05, 0.1) is 11.6 Å². The molecule has 0 radical (unpaired) electrons. The summed E-state index contributed by atoms with van der Waals surface area (Å²) in [7, 11) is 0. The fourth-order valence-corrected chi connectivity index (χ4v) is 3.88. The number of alkyl halides is 3. The first-order chi connectivity index (χ1) is 13.8. The number of nitrogens with one attached hydrogen (secondary N) is 1. The van der Waals surface area contributed by atoms with E-state index in [1.165, 1.54) is 18.2 Å². The number of hydrogen-bond donors (Lipinski definition) is 1. The first kappa shape index (κ1) is 19.4. The van der Waals surface area contributed by atoms with Crippen LogP contribution in [0.4, 0.5) is 23.2 Å². The van der Waals surface area contributed by atoms with Crippen molar-refractivity contribution >= 4 is 23.0 Å². The number of aromatic nitrogens is 1. The number of benzene rings is 2. The van der Waals surface area contributed by atoms with Gasteiger partial charge in [-0.25, -0.2) is 4.39 Å². The number of fused-ring (bicyclic) bond motifs is 1. The third kappa shape index (κ3) is 3.98. The van der Waals surface area contributed by atoms with E-state index >= 15 is 0 Å². The second-order valence-electron chi connectivity index (χ2n) is 6.78. The topological polar surface area (TPSA) is 20.2 Å². The summed E-state index contributed by atoms with van der Waals surface area (Å²) in [5.41, 5.74) is 1.35. The Morgan fingerprint density at radius 3 is 2.48 bits per heavy atom. The molecule has 1 aliphatic heterocycles. The predicted molar refractivity (Wildman–Crippen MR) is 107 cm³/mol. The van der Waals surface area contributed by atoms with Gasteiger partial charge in [-0.2, -0.15) is 13.2 Å². The summed E-state index contributed by atoms with van der Waals surface area (Å²) in [6.07, 6.45) is -2.46. The van der Waals surface area contributed by atoms with Crippen molar-refractivity contribution in [1.29, 1.82) is 0 Å². The molecule has 0 bridgehead atoms. The second-order valence-corrected chi connectivity index (χ2v) is 7.17. The Hall–Kier alpha value is -2.87. The van der Waals surface area contributed by atoms with Gasteiger partial charge in [0, 0.05) is 30.7 Å². The van der Waals surface area contributed by atoms with E-state index in [9.17, 15) is 17.6 Å². The van der Waals surface area contributed by atoms with Crippen LogP contribution in [0.15, 0.2) is 66.9 Å². The smallest absolute Gasteiger partial charge is 0.348 e. The monoisotopic (exact) mass is 419 g/mol. The molecule has 0 amide bonds. The van der Waals surface area contributed by atoms with Gasteiger partial charge in [0.1, 0.15) is 5.82 Å². The van der Waals surface area contributed by atoms with E-state index in [2.05, 4.69) is 9.88 Å². The Balaban J connectivity index is 1.64. The number of anilines is 1. The van der Waals surface area contributed by atoms with Crippen LogP contribution < -0.4 is 5.32 Å². The van der Waals surface area contributed by atoms with Gasteiger partial charge in [0.2, 0.25) is 0 Å². The van der Waals surface area contributed by atoms with Gasteiger partial charge in [-0.15, -0.1) is 0 Å². The standard InChI is InChI=1S/C21H17F4N3S/c22-16-8-6-14(7-9-16)19-18-5-2-10-27(18)11-12-28(19)20(29)26-17-4-1-3-15(13-17)21(23,24)25/h1-10,13,19H,11-12H2,(H,26,29)/t19-/m1/s1. The van der Waals surface area contributed by atoms with E-state index in [1.54, 1.807) is 18.2 Å². The van der Waals surface area contributed by atoms with Gasteiger partial charge in [0.15, 0.2) is 5.11 Å². The van der Waals surface area contributed by atoms with Crippen LogP contribution in [0.1, 0.15) is 22.9 Å². The van der Waals surface area contributed by atoms with Crippen molar-refractivity contribution in [3.63, 3.8) is 0 Å². The minimum atomic E-state index is -4.43. The van der Waals surface area contributed by atoms with E-state index < -0.39 is 11.7 Å². The second kappa shape index (κ2) is 7.51. The van der Waals surface area contributed by atoms with E-state index in [4.69, 9.17) is 12.2 Å². The molecule has 2 aromatic carbocycles. The molecule has 0 fully saturated rings. The largest absolute Gasteiger partial charge is 0.416 e. The van der Waals surface area contributed by atoms with Crippen LogP contribution in [0.3, 0.4) is 0 Å². The van der Waals surface area contributed by atoms with Crippen molar-refractivity contribution in [1.82, 2.24) is 9.47 Å². The minimum absolute atomic E-state index is 0.267. The lowest BCUT2D eigenvalue weighted by Gasteiger charge is -2.39. The SMILES string of the molecule is Fc1ccc([C@@H]2c3cccn3CCN2C(=S)Nc2cccc(C(F)(F)F)c2)cc1. The number of nitrogens with zero attached hydrogens (tertiary/aromatic N) is 2. The van der Waals surface area contributed by atoms with Gasteiger partial charge in [-0.3, -0.25) is 0 Å². The number of thiocarbonyl (C=S) groups is 1. The highest BCUT2D eigenvalue weighted by Crippen LogP contribution is 2.34. The quantitative estimate of drug-likeness (QED) is 0.441. The normalized spacial score (nSPS) is 16.4. The molecule has 0 spiro atoms. The van der Waals surface area contributed by atoms with Crippen LogP contribution in [-0.4, -0.2) is 21.1 Å². The zero-order valence-corrected chi connectivity index (χ0v) is 16.0. The van der Waals surface area contributed by atoms with Crippen molar-refractivity contribution in [3.05, 3.63) is 89.5 Å². The summed E-state index contributed by atoms with van der Waals surface area (Å²) < 4.78 is 54.5. The van der Waals surface area contributed by atoms with E-state index in [0.29, 0.717) is 18.2 Å². The summed E-state index contributed by atoms with van der Waals surface area (Å²) in [4.78, 5) is 1.91. The van der Waals surface area contributed by atoms with E-state index in [-0.39, 0.29) is 17.5 Å². The van der Waals surface area contributed by atoms with E-state index in [0.717, 1.165) is 23.4 Å². The molecule has 2 heterocycles. The lowest BCUT2D eigenvalue weighted by molar-refractivity contribution is -0.137. The zero-order valence-electron chi connectivity index (χ0n) is 15.2. The maximum absolute atomic E-state index is 13.4. The Labute approximate surface area is 170 Å². The summed E-state index contributed by atoms with van der Waals surface area (Å²) in [5.74, 6) is -0.337. The molecule has 0 aliphatic carbocycles. The number of hydrogen-bond acceptors (Lipinski definition) is 1. The molecule has 29 heavy (non-hydrogen) atoms. The number of halogens is 4. The fraction of sp³-hybridized carbons (Fsp3) is 0.190. The number of rotatable bonds is 2. The van der Waals surface area contributed by atoms with Gasteiger partial charge < -0.3 is 14.8 Å². The van der Waals surface area contributed by atoms with Gasteiger partial charge in [0.25, 0.3) is 0 Å². The maximum Gasteiger partial charge on any atom is 0.416 e. The molecule has 1 atom stereocenters. The molecule has 3 nitrogen and oxygen atoms in total.